The van der Waals surface area contributed by atoms with Crippen molar-refractivity contribution in [3.8, 4) is 11.4 Å². The summed E-state index contributed by atoms with van der Waals surface area (Å²) in [5, 5.41) is 8.07. The molecule has 15 heavy (non-hydrogen) atoms. The zero-order valence-corrected chi connectivity index (χ0v) is 8.96. The summed E-state index contributed by atoms with van der Waals surface area (Å²) in [4.78, 5) is 3.99. The van der Waals surface area contributed by atoms with Crippen molar-refractivity contribution in [1.82, 2.24) is 19.7 Å². The fourth-order valence-electron chi connectivity index (χ4n) is 1.51. The van der Waals surface area contributed by atoms with Crippen molar-refractivity contribution in [3.63, 3.8) is 0 Å². The van der Waals surface area contributed by atoms with E-state index >= 15 is 0 Å². The molecule has 0 saturated heterocycles. The van der Waals surface area contributed by atoms with Crippen LogP contribution in [0, 0.1) is 5.92 Å². The number of hydrogen-bond acceptors (Lipinski definition) is 3. The molecule has 0 aliphatic carbocycles. The molecule has 0 bridgehead atoms. The molecule has 0 radical (unpaired) electrons. The molecular weight excluding hydrogens is 188 g/mol. The second-order valence-corrected chi connectivity index (χ2v) is 3.94. The van der Waals surface area contributed by atoms with E-state index in [0.29, 0.717) is 5.92 Å². The van der Waals surface area contributed by atoms with Crippen molar-refractivity contribution in [2.45, 2.75) is 20.4 Å². The van der Waals surface area contributed by atoms with Crippen LogP contribution in [-0.4, -0.2) is 19.7 Å². The Balaban J connectivity index is 2.33. The highest BCUT2D eigenvalue weighted by atomic mass is 15.3. The van der Waals surface area contributed by atoms with Crippen LogP contribution in [0.1, 0.15) is 13.8 Å². The van der Waals surface area contributed by atoms with Crippen LogP contribution in [0.2, 0.25) is 0 Å². The van der Waals surface area contributed by atoms with E-state index in [2.05, 4.69) is 33.6 Å². The van der Waals surface area contributed by atoms with E-state index in [1.54, 1.807) is 18.7 Å². The molecule has 0 atom stereocenters. The first-order valence-corrected chi connectivity index (χ1v) is 5.05. The van der Waals surface area contributed by atoms with Gasteiger partial charge in [-0.2, -0.15) is 0 Å². The molecule has 0 spiro atoms. The summed E-state index contributed by atoms with van der Waals surface area (Å²) in [6.07, 6.45) is 5.31. The lowest BCUT2D eigenvalue weighted by Crippen LogP contribution is -2.05. The molecule has 0 aliphatic heterocycles. The lowest BCUT2D eigenvalue weighted by Gasteiger charge is -2.08. The summed E-state index contributed by atoms with van der Waals surface area (Å²) in [5.74, 6) is 1.49. The van der Waals surface area contributed by atoms with Crippen LogP contribution in [0.3, 0.4) is 0 Å². The fourth-order valence-corrected chi connectivity index (χ4v) is 1.51. The summed E-state index contributed by atoms with van der Waals surface area (Å²) in [6.45, 7) is 5.29. The van der Waals surface area contributed by atoms with E-state index in [9.17, 15) is 0 Å². The molecule has 2 aromatic rings. The smallest absolute Gasteiger partial charge is 0.163 e. The van der Waals surface area contributed by atoms with Gasteiger partial charge in [-0.15, -0.1) is 10.2 Å². The van der Waals surface area contributed by atoms with Crippen molar-refractivity contribution < 1.29 is 0 Å². The van der Waals surface area contributed by atoms with Gasteiger partial charge in [0.05, 0.1) is 0 Å². The summed E-state index contributed by atoms with van der Waals surface area (Å²) in [6, 6.07) is 3.89. The standard InChI is InChI=1S/C11H14N4/c1-9(2)7-15-8-13-14-11(15)10-3-5-12-6-4-10/h3-6,8-9H,7H2,1-2H3. The van der Waals surface area contributed by atoms with Crippen LogP contribution >= 0.6 is 0 Å². The molecule has 4 nitrogen and oxygen atoms in total. The van der Waals surface area contributed by atoms with Crippen molar-refractivity contribution >= 4 is 0 Å². The first kappa shape index (κ1) is 9.83. The first-order valence-electron chi connectivity index (χ1n) is 5.05. The minimum absolute atomic E-state index is 0.585. The number of hydrogen-bond donors (Lipinski definition) is 0. The van der Waals surface area contributed by atoms with Gasteiger partial charge < -0.3 is 4.57 Å². The monoisotopic (exact) mass is 202 g/mol. The van der Waals surface area contributed by atoms with Gasteiger partial charge in [0, 0.05) is 24.5 Å². The van der Waals surface area contributed by atoms with Crippen LogP contribution in [-0.2, 0) is 6.54 Å². The molecule has 0 aromatic carbocycles. The van der Waals surface area contributed by atoms with Crippen molar-refractivity contribution in [2.24, 2.45) is 5.92 Å². The third-order valence-corrected chi connectivity index (χ3v) is 2.12. The lowest BCUT2D eigenvalue weighted by atomic mass is 10.2. The quantitative estimate of drug-likeness (QED) is 0.764. The van der Waals surface area contributed by atoms with E-state index in [1.807, 2.05) is 12.1 Å². The van der Waals surface area contributed by atoms with E-state index < -0.39 is 0 Å². The highest BCUT2D eigenvalue weighted by Crippen LogP contribution is 2.15. The number of rotatable bonds is 3. The summed E-state index contributed by atoms with van der Waals surface area (Å²) < 4.78 is 2.07. The van der Waals surface area contributed by atoms with Gasteiger partial charge in [-0.05, 0) is 18.1 Å². The fraction of sp³-hybridized carbons (Fsp3) is 0.364. The predicted molar refractivity (Wildman–Crippen MR) is 58.1 cm³/mol. The molecule has 2 rings (SSSR count). The maximum Gasteiger partial charge on any atom is 0.163 e. The molecule has 0 amide bonds. The topological polar surface area (TPSA) is 43.6 Å². The molecule has 0 unspecified atom stereocenters. The third-order valence-electron chi connectivity index (χ3n) is 2.12. The molecule has 4 heteroatoms. The molecule has 2 heterocycles. The van der Waals surface area contributed by atoms with Gasteiger partial charge in [-0.25, -0.2) is 0 Å². The average Bonchev–Trinajstić information content (AvgIpc) is 2.66. The maximum atomic E-state index is 4.12. The number of nitrogens with zero attached hydrogens (tertiary/aromatic N) is 4. The highest BCUT2D eigenvalue weighted by molar-refractivity contribution is 5.53. The van der Waals surface area contributed by atoms with Crippen LogP contribution in [0.4, 0.5) is 0 Å². The van der Waals surface area contributed by atoms with E-state index in [0.717, 1.165) is 17.9 Å². The van der Waals surface area contributed by atoms with Crippen molar-refractivity contribution in [1.29, 1.82) is 0 Å². The third kappa shape index (κ3) is 2.21. The molecule has 2 aromatic heterocycles. The average molecular weight is 202 g/mol. The SMILES string of the molecule is CC(C)Cn1cnnc1-c1ccncc1. The Morgan fingerprint density at radius 3 is 2.67 bits per heavy atom. The van der Waals surface area contributed by atoms with Crippen LogP contribution in [0.15, 0.2) is 30.9 Å². The Bertz CT molecular complexity index is 419. The molecule has 0 fully saturated rings. The molecular formula is C11H14N4. The normalized spacial score (nSPS) is 10.9. The van der Waals surface area contributed by atoms with Gasteiger partial charge in [0.1, 0.15) is 6.33 Å². The van der Waals surface area contributed by atoms with Gasteiger partial charge in [0.25, 0.3) is 0 Å². The molecule has 0 saturated carbocycles. The minimum atomic E-state index is 0.585. The zero-order valence-electron chi connectivity index (χ0n) is 8.96. The zero-order chi connectivity index (χ0) is 10.7. The van der Waals surface area contributed by atoms with Crippen molar-refractivity contribution in [2.75, 3.05) is 0 Å². The van der Waals surface area contributed by atoms with Gasteiger partial charge in [0.15, 0.2) is 5.82 Å². The predicted octanol–water partition coefficient (Wildman–Crippen LogP) is 2.00. The highest BCUT2D eigenvalue weighted by Gasteiger charge is 2.07. The van der Waals surface area contributed by atoms with Gasteiger partial charge in [0.2, 0.25) is 0 Å². The summed E-state index contributed by atoms with van der Waals surface area (Å²) >= 11 is 0. The molecule has 0 N–H and O–H groups in total. The van der Waals surface area contributed by atoms with E-state index in [-0.39, 0.29) is 0 Å². The lowest BCUT2D eigenvalue weighted by molar-refractivity contribution is 0.525. The Hall–Kier alpha value is -1.71. The molecule has 78 valence electrons. The van der Waals surface area contributed by atoms with E-state index in [1.165, 1.54) is 0 Å². The van der Waals surface area contributed by atoms with Gasteiger partial charge >= 0.3 is 0 Å². The Labute approximate surface area is 89.0 Å². The van der Waals surface area contributed by atoms with Gasteiger partial charge in [-0.3, -0.25) is 4.98 Å². The minimum Gasteiger partial charge on any atom is -0.313 e. The second-order valence-electron chi connectivity index (χ2n) is 3.94. The van der Waals surface area contributed by atoms with Crippen LogP contribution in [0.25, 0.3) is 11.4 Å². The Morgan fingerprint density at radius 2 is 2.00 bits per heavy atom. The van der Waals surface area contributed by atoms with E-state index in [4.69, 9.17) is 0 Å². The number of pyridine rings is 1. The summed E-state index contributed by atoms with van der Waals surface area (Å²) in [7, 11) is 0. The molecule has 0 aliphatic rings. The second kappa shape index (κ2) is 4.21. The van der Waals surface area contributed by atoms with Gasteiger partial charge in [-0.1, -0.05) is 13.8 Å². The number of aromatic nitrogens is 4. The van der Waals surface area contributed by atoms with Crippen LogP contribution < -0.4 is 0 Å². The maximum absolute atomic E-state index is 4.12. The van der Waals surface area contributed by atoms with Crippen molar-refractivity contribution in [3.05, 3.63) is 30.9 Å². The summed E-state index contributed by atoms with van der Waals surface area (Å²) in [5.41, 5.74) is 1.06. The first-order chi connectivity index (χ1) is 7.27. The Morgan fingerprint density at radius 1 is 1.27 bits per heavy atom. The Kier molecular flexibility index (Phi) is 2.76. The largest absolute Gasteiger partial charge is 0.313 e. The van der Waals surface area contributed by atoms with Crippen LogP contribution in [0.5, 0.6) is 0 Å².